The number of benzene rings is 1. The zero-order valence-corrected chi connectivity index (χ0v) is 13.5. The van der Waals surface area contributed by atoms with Crippen molar-refractivity contribution in [2.24, 2.45) is 11.8 Å². The van der Waals surface area contributed by atoms with Crippen molar-refractivity contribution in [3.63, 3.8) is 0 Å². The highest BCUT2D eigenvalue weighted by Crippen LogP contribution is 2.38. The summed E-state index contributed by atoms with van der Waals surface area (Å²) in [6.45, 7) is 11.2. The summed E-state index contributed by atoms with van der Waals surface area (Å²) in [7, 11) is 0. The summed E-state index contributed by atoms with van der Waals surface area (Å²) in [5, 5.41) is 0. The van der Waals surface area contributed by atoms with Crippen LogP contribution in [-0.2, 0) is 0 Å². The Morgan fingerprint density at radius 2 is 1.70 bits per heavy atom. The molecule has 0 amide bonds. The third-order valence-corrected chi connectivity index (χ3v) is 4.14. The molecule has 112 valence electrons. The molecule has 0 atom stereocenters. The van der Waals surface area contributed by atoms with Gasteiger partial charge in [-0.15, -0.1) is 0 Å². The van der Waals surface area contributed by atoms with E-state index in [0.29, 0.717) is 11.8 Å². The molecule has 20 heavy (non-hydrogen) atoms. The lowest BCUT2D eigenvalue weighted by molar-refractivity contribution is 0.420. The van der Waals surface area contributed by atoms with Gasteiger partial charge in [-0.1, -0.05) is 40.2 Å². The Balaban J connectivity index is 2.18. The summed E-state index contributed by atoms with van der Waals surface area (Å²) >= 11 is 0. The molecular weight excluding hydrogens is 244 g/mol. The predicted octanol–water partition coefficient (Wildman–Crippen LogP) is 4.65. The van der Waals surface area contributed by atoms with Crippen LogP contribution in [0.3, 0.4) is 0 Å². The molecule has 2 nitrogen and oxygen atoms in total. The summed E-state index contributed by atoms with van der Waals surface area (Å²) in [5.41, 5.74) is 9.96. The van der Waals surface area contributed by atoms with E-state index in [1.165, 1.54) is 30.5 Å². The maximum atomic E-state index is 6.35. The van der Waals surface area contributed by atoms with Gasteiger partial charge in [0, 0.05) is 13.1 Å². The summed E-state index contributed by atoms with van der Waals surface area (Å²) in [6, 6.07) is 6.75. The summed E-state index contributed by atoms with van der Waals surface area (Å²) in [4.78, 5) is 2.45. The van der Waals surface area contributed by atoms with Crippen LogP contribution >= 0.6 is 0 Å². The molecule has 1 fully saturated rings. The molecule has 0 heterocycles. The Morgan fingerprint density at radius 3 is 2.10 bits per heavy atom. The average molecular weight is 274 g/mol. The monoisotopic (exact) mass is 274 g/mol. The van der Waals surface area contributed by atoms with Crippen LogP contribution in [0, 0.1) is 11.8 Å². The minimum Gasteiger partial charge on any atom is -0.397 e. The zero-order chi connectivity index (χ0) is 14.7. The Labute approximate surface area is 124 Å². The van der Waals surface area contributed by atoms with E-state index in [-0.39, 0.29) is 0 Å². The first-order valence-corrected chi connectivity index (χ1v) is 8.11. The van der Waals surface area contributed by atoms with Crippen LogP contribution in [0.1, 0.15) is 58.4 Å². The van der Waals surface area contributed by atoms with Gasteiger partial charge in [-0.3, -0.25) is 0 Å². The normalized spacial score (nSPS) is 15.7. The second-order valence-electron chi connectivity index (χ2n) is 7.14. The molecule has 0 bridgehead atoms. The summed E-state index contributed by atoms with van der Waals surface area (Å²) in [6.07, 6.45) is 4.04. The van der Waals surface area contributed by atoms with Crippen molar-refractivity contribution < 1.29 is 0 Å². The van der Waals surface area contributed by atoms with Crippen LogP contribution in [0.4, 0.5) is 11.4 Å². The van der Waals surface area contributed by atoms with Crippen LogP contribution in [-0.4, -0.2) is 13.1 Å². The fourth-order valence-corrected chi connectivity index (χ4v) is 3.01. The quantitative estimate of drug-likeness (QED) is 0.765. The first-order chi connectivity index (χ1) is 9.47. The molecule has 1 aromatic carbocycles. The van der Waals surface area contributed by atoms with Crippen LogP contribution in [0.15, 0.2) is 18.2 Å². The molecular formula is C18H30N2. The van der Waals surface area contributed by atoms with Crippen molar-refractivity contribution in [1.29, 1.82) is 0 Å². The van der Waals surface area contributed by atoms with E-state index >= 15 is 0 Å². The first kappa shape index (κ1) is 15.2. The topological polar surface area (TPSA) is 29.3 Å². The predicted molar refractivity (Wildman–Crippen MR) is 89.3 cm³/mol. The number of nitrogen functional groups attached to an aromatic ring is 1. The van der Waals surface area contributed by atoms with Crippen molar-refractivity contribution in [3.8, 4) is 0 Å². The Bertz CT molecular complexity index is 423. The van der Waals surface area contributed by atoms with Crippen molar-refractivity contribution in [3.05, 3.63) is 23.8 Å². The average Bonchev–Trinajstić information content (AvgIpc) is 2.24. The zero-order valence-electron chi connectivity index (χ0n) is 13.5. The lowest BCUT2D eigenvalue weighted by Crippen LogP contribution is -2.32. The minimum absolute atomic E-state index is 0.652. The van der Waals surface area contributed by atoms with Gasteiger partial charge in [0.15, 0.2) is 0 Å². The molecule has 2 heteroatoms. The maximum absolute atomic E-state index is 6.35. The number of rotatable bonds is 6. The third kappa shape index (κ3) is 3.68. The molecule has 0 unspecified atom stereocenters. The third-order valence-electron chi connectivity index (χ3n) is 4.14. The lowest BCUT2D eigenvalue weighted by Gasteiger charge is -2.31. The maximum Gasteiger partial charge on any atom is 0.0600 e. The number of anilines is 2. The molecule has 0 radical (unpaired) electrons. The lowest BCUT2D eigenvalue weighted by atomic mass is 9.80. The summed E-state index contributed by atoms with van der Waals surface area (Å²) < 4.78 is 0. The van der Waals surface area contributed by atoms with Crippen LogP contribution < -0.4 is 10.6 Å². The molecule has 1 aliphatic rings. The fraction of sp³-hybridized carbons (Fsp3) is 0.667. The van der Waals surface area contributed by atoms with Gasteiger partial charge in [-0.25, -0.2) is 0 Å². The molecule has 0 aromatic heterocycles. The van der Waals surface area contributed by atoms with Crippen LogP contribution in [0.2, 0.25) is 0 Å². The molecule has 0 saturated heterocycles. The van der Waals surface area contributed by atoms with Gasteiger partial charge >= 0.3 is 0 Å². The van der Waals surface area contributed by atoms with E-state index in [0.717, 1.165) is 24.7 Å². The minimum atomic E-state index is 0.652. The van der Waals surface area contributed by atoms with Crippen molar-refractivity contribution in [2.45, 2.75) is 52.9 Å². The van der Waals surface area contributed by atoms with Gasteiger partial charge in [-0.2, -0.15) is 0 Å². The fourth-order valence-electron chi connectivity index (χ4n) is 3.01. The van der Waals surface area contributed by atoms with Gasteiger partial charge in [0.05, 0.1) is 11.4 Å². The van der Waals surface area contributed by atoms with Crippen molar-refractivity contribution >= 4 is 11.4 Å². The Kier molecular flexibility index (Phi) is 4.95. The van der Waals surface area contributed by atoms with Crippen molar-refractivity contribution in [2.75, 3.05) is 23.7 Å². The van der Waals surface area contributed by atoms with Crippen LogP contribution in [0.5, 0.6) is 0 Å². The SMILES string of the molecule is CC(C)CN(CC(C)C)c1ccc(C2CCC2)cc1N. The van der Waals surface area contributed by atoms with Gasteiger partial charge in [0.1, 0.15) is 0 Å². The highest BCUT2D eigenvalue weighted by molar-refractivity contribution is 5.69. The Hall–Kier alpha value is -1.18. The highest BCUT2D eigenvalue weighted by Gasteiger charge is 2.21. The van der Waals surface area contributed by atoms with E-state index in [4.69, 9.17) is 5.73 Å². The first-order valence-electron chi connectivity index (χ1n) is 8.11. The second-order valence-corrected chi connectivity index (χ2v) is 7.14. The van der Waals surface area contributed by atoms with Crippen LogP contribution in [0.25, 0.3) is 0 Å². The van der Waals surface area contributed by atoms with E-state index in [1.807, 2.05) is 0 Å². The van der Waals surface area contributed by atoms with Gasteiger partial charge in [0.2, 0.25) is 0 Å². The molecule has 2 rings (SSSR count). The Morgan fingerprint density at radius 1 is 1.10 bits per heavy atom. The number of nitrogens with two attached hydrogens (primary N) is 1. The standard InChI is InChI=1S/C18H30N2/c1-13(2)11-20(12-14(3)4)18-9-8-16(10-17(18)19)15-6-5-7-15/h8-10,13-15H,5-7,11-12,19H2,1-4H3. The molecule has 0 aliphatic heterocycles. The van der Waals surface area contributed by atoms with E-state index < -0.39 is 0 Å². The number of nitrogens with zero attached hydrogens (tertiary/aromatic N) is 1. The molecule has 1 saturated carbocycles. The second kappa shape index (κ2) is 6.51. The van der Waals surface area contributed by atoms with Crippen molar-refractivity contribution in [1.82, 2.24) is 0 Å². The van der Waals surface area contributed by atoms with E-state index in [2.05, 4.69) is 50.8 Å². The van der Waals surface area contributed by atoms with Gasteiger partial charge < -0.3 is 10.6 Å². The molecule has 0 spiro atoms. The highest BCUT2D eigenvalue weighted by atomic mass is 15.1. The van der Waals surface area contributed by atoms with E-state index in [1.54, 1.807) is 0 Å². The van der Waals surface area contributed by atoms with Gasteiger partial charge in [0.25, 0.3) is 0 Å². The number of hydrogen-bond acceptors (Lipinski definition) is 2. The smallest absolute Gasteiger partial charge is 0.0600 e. The van der Waals surface area contributed by atoms with E-state index in [9.17, 15) is 0 Å². The number of hydrogen-bond donors (Lipinski definition) is 1. The van der Waals surface area contributed by atoms with Gasteiger partial charge in [-0.05, 0) is 48.3 Å². The molecule has 1 aromatic rings. The molecule has 1 aliphatic carbocycles. The summed E-state index contributed by atoms with van der Waals surface area (Å²) in [5.74, 6) is 2.06. The molecule has 2 N–H and O–H groups in total. The largest absolute Gasteiger partial charge is 0.397 e.